The van der Waals surface area contributed by atoms with Crippen LogP contribution in [0.2, 0.25) is 0 Å². The second kappa shape index (κ2) is 6.28. The SMILES string of the molecule is CCCNc1cc(N2CCC(C)(C(=O)NC)C2)nc(C)n1. The zero-order valence-corrected chi connectivity index (χ0v) is 13.4. The summed E-state index contributed by atoms with van der Waals surface area (Å²) >= 11 is 0. The van der Waals surface area contributed by atoms with Gasteiger partial charge in [-0.1, -0.05) is 6.92 Å². The van der Waals surface area contributed by atoms with Gasteiger partial charge in [0.1, 0.15) is 17.5 Å². The Morgan fingerprint density at radius 2 is 2.24 bits per heavy atom. The molecule has 1 aromatic heterocycles. The molecule has 0 aromatic carbocycles. The minimum Gasteiger partial charge on any atom is -0.370 e. The number of rotatable bonds is 5. The summed E-state index contributed by atoms with van der Waals surface area (Å²) in [6.07, 6.45) is 1.89. The van der Waals surface area contributed by atoms with Crippen molar-refractivity contribution in [1.29, 1.82) is 0 Å². The maximum absolute atomic E-state index is 12.0. The number of aromatic nitrogens is 2. The molecule has 1 saturated heterocycles. The molecule has 6 nitrogen and oxygen atoms in total. The molecular formula is C15H25N5O. The first kappa shape index (κ1) is 15.5. The van der Waals surface area contributed by atoms with Gasteiger partial charge in [0.05, 0.1) is 5.41 Å². The highest BCUT2D eigenvalue weighted by atomic mass is 16.2. The van der Waals surface area contributed by atoms with Crippen molar-refractivity contribution in [2.45, 2.75) is 33.6 Å². The van der Waals surface area contributed by atoms with E-state index in [2.05, 4.69) is 32.4 Å². The molecule has 0 aliphatic carbocycles. The Hall–Kier alpha value is -1.85. The normalized spacial score (nSPS) is 21.4. The fraction of sp³-hybridized carbons (Fsp3) is 0.667. The fourth-order valence-electron chi connectivity index (χ4n) is 2.70. The van der Waals surface area contributed by atoms with Gasteiger partial charge in [0, 0.05) is 32.7 Å². The molecular weight excluding hydrogens is 266 g/mol. The number of carbonyl (C=O) groups is 1. The molecule has 116 valence electrons. The van der Waals surface area contributed by atoms with Gasteiger partial charge in [-0.25, -0.2) is 9.97 Å². The van der Waals surface area contributed by atoms with E-state index in [0.29, 0.717) is 6.54 Å². The lowest BCUT2D eigenvalue weighted by Gasteiger charge is -2.23. The monoisotopic (exact) mass is 291 g/mol. The van der Waals surface area contributed by atoms with Crippen molar-refractivity contribution < 1.29 is 4.79 Å². The smallest absolute Gasteiger partial charge is 0.227 e. The molecule has 1 aromatic rings. The number of nitrogens with one attached hydrogen (secondary N) is 2. The second-order valence-corrected chi connectivity index (χ2v) is 5.90. The van der Waals surface area contributed by atoms with E-state index in [1.165, 1.54) is 0 Å². The molecule has 1 unspecified atom stereocenters. The van der Waals surface area contributed by atoms with Gasteiger partial charge in [-0.2, -0.15) is 0 Å². The second-order valence-electron chi connectivity index (χ2n) is 5.90. The van der Waals surface area contributed by atoms with Gasteiger partial charge >= 0.3 is 0 Å². The van der Waals surface area contributed by atoms with Gasteiger partial charge in [0.15, 0.2) is 0 Å². The minimum absolute atomic E-state index is 0.0973. The summed E-state index contributed by atoms with van der Waals surface area (Å²) in [4.78, 5) is 23.1. The molecule has 0 spiro atoms. The van der Waals surface area contributed by atoms with Crippen LogP contribution in [0, 0.1) is 12.3 Å². The number of carbonyl (C=O) groups excluding carboxylic acids is 1. The van der Waals surface area contributed by atoms with E-state index >= 15 is 0 Å². The van der Waals surface area contributed by atoms with Crippen LogP contribution in [0.5, 0.6) is 0 Å². The first-order chi connectivity index (χ1) is 9.98. The van der Waals surface area contributed by atoms with Gasteiger partial charge in [0.2, 0.25) is 5.91 Å². The van der Waals surface area contributed by atoms with Crippen LogP contribution in [-0.4, -0.2) is 42.6 Å². The van der Waals surface area contributed by atoms with Crippen molar-refractivity contribution in [1.82, 2.24) is 15.3 Å². The molecule has 1 aliphatic rings. The third-order valence-corrected chi connectivity index (χ3v) is 3.95. The lowest BCUT2D eigenvalue weighted by atomic mass is 9.89. The molecule has 1 atom stereocenters. The lowest BCUT2D eigenvalue weighted by molar-refractivity contribution is -0.128. The quantitative estimate of drug-likeness (QED) is 0.862. The minimum atomic E-state index is -0.343. The van der Waals surface area contributed by atoms with Crippen LogP contribution < -0.4 is 15.5 Å². The zero-order valence-electron chi connectivity index (χ0n) is 13.4. The van der Waals surface area contributed by atoms with Gasteiger partial charge in [-0.05, 0) is 26.7 Å². The van der Waals surface area contributed by atoms with E-state index in [9.17, 15) is 4.79 Å². The van der Waals surface area contributed by atoms with E-state index in [1.807, 2.05) is 19.9 Å². The average Bonchev–Trinajstić information content (AvgIpc) is 2.87. The summed E-state index contributed by atoms with van der Waals surface area (Å²) in [6.45, 7) is 8.46. The maximum Gasteiger partial charge on any atom is 0.227 e. The standard InChI is InChI=1S/C15H25N5O/c1-5-7-17-12-9-13(19-11(2)18-12)20-8-6-15(3,10-20)14(21)16-4/h9H,5-8,10H2,1-4H3,(H,16,21)(H,17,18,19). The van der Waals surface area contributed by atoms with Crippen molar-refractivity contribution in [3.63, 3.8) is 0 Å². The van der Waals surface area contributed by atoms with Gasteiger partial charge in [0.25, 0.3) is 0 Å². The van der Waals surface area contributed by atoms with Crippen LogP contribution in [0.3, 0.4) is 0 Å². The van der Waals surface area contributed by atoms with Gasteiger partial charge in [-0.3, -0.25) is 4.79 Å². The van der Waals surface area contributed by atoms with Crippen molar-refractivity contribution in [2.75, 3.05) is 36.9 Å². The van der Waals surface area contributed by atoms with Crippen molar-refractivity contribution in [2.24, 2.45) is 5.41 Å². The van der Waals surface area contributed by atoms with E-state index in [1.54, 1.807) is 7.05 Å². The Morgan fingerprint density at radius 3 is 2.90 bits per heavy atom. The number of hydrogen-bond donors (Lipinski definition) is 2. The lowest BCUT2D eigenvalue weighted by Crippen LogP contribution is -2.39. The van der Waals surface area contributed by atoms with E-state index in [-0.39, 0.29) is 11.3 Å². The number of hydrogen-bond acceptors (Lipinski definition) is 5. The van der Waals surface area contributed by atoms with Crippen molar-refractivity contribution in [3.05, 3.63) is 11.9 Å². The highest BCUT2D eigenvalue weighted by Crippen LogP contribution is 2.33. The van der Waals surface area contributed by atoms with Crippen LogP contribution >= 0.6 is 0 Å². The zero-order chi connectivity index (χ0) is 15.5. The first-order valence-electron chi connectivity index (χ1n) is 7.55. The molecule has 1 amide bonds. The predicted octanol–water partition coefficient (Wildman–Crippen LogP) is 1.57. The number of anilines is 2. The van der Waals surface area contributed by atoms with Crippen LogP contribution in [0.1, 0.15) is 32.5 Å². The Labute approximate surface area is 126 Å². The first-order valence-corrected chi connectivity index (χ1v) is 7.55. The highest BCUT2D eigenvalue weighted by Gasteiger charge is 2.40. The molecule has 1 fully saturated rings. The largest absolute Gasteiger partial charge is 0.370 e. The fourth-order valence-corrected chi connectivity index (χ4v) is 2.70. The van der Waals surface area contributed by atoms with E-state index < -0.39 is 0 Å². The number of aryl methyl sites for hydroxylation is 1. The van der Waals surface area contributed by atoms with Crippen LogP contribution in [-0.2, 0) is 4.79 Å². The summed E-state index contributed by atoms with van der Waals surface area (Å²) in [5, 5.41) is 6.06. The van der Waals surface area contributed by atoms with E-state index in [0.717, 1.165) is 43.4 Å². The molecule has 2 heterocycles. The van der Waals surface area contributed by atoms with Crippen LogP contribution in [0.25, 0.3) is 0 Å². The summed E-state index contributed by atoms with van der Waals surface area (Å²) in [5.74, 6) is 2.60. The summed E-state index contributed by atoms with van der Waals surface area (Å²) < 4.78 is 0. The summed E-state index contributed by atoms with van der Waals surface area (Å²) in [6, 6.07) is 1.97. The van der Waals surface area contributed by atoms with Gasteiger partial charge in [-0.15, -0.1) is 0 Å². The van der Waals surface area contributed by atoms with Gasteiger partial charge < -0.3 is 15.5 Å². The summed E-state index contributed by atoms with van der Waals surface area (Å²) in [5.41, 5.74) is -0.343. The topological polar surface area (TPSA) is 70.2 Å². The molecule has 2 rings (SSSR count). The van der Waals surface area contributed by atoms with Crippen LogP contribution in [0.15, 0.2) is 6.07 Å². The molecule has 2 N–H and O–H groups in total. The maximum atomic E-state index is 12.0. The molecule has 1 aliphatic heterocycles. The third kappa shape index (κ3) is 3.43. The predicted molar refractivity (Wildman–Crippen MR) is 84.6 cm³/mol. The molecule has 6 heteroatoms. The molecule has 0 radical (unpaired) electrons. The van der Waals surface area contributed by atoms with E-state index in [4.69, 9.17) is 0 Å². The highest BCUT2D eigenvalue weighted by molar-refractivity contribution is 5.83. The Morgan fingerprint density at radius 1 is 1.48 bits per heavy atom. The Kier molecular flexibility index (Phi) is 4.65. The molecule has 21 heavy (non-hydrogen) atoms. The summed E-state index contributed by atoms with van der Waals surface area (Å²) in [7, 11) is 1.69. The third-order valence-electron chi connectivity index (χ3n) is 3.95. The molecule has 0 saturated carbocycles. The van der Waals surface area contributed by atoms with Crippen molar-refractivity contribution >= 4 is 17.5 Å². The number of amides is 1. The Bertz CT molecular complexity index is 519. The average molecular weight is 291 g/mol. The molecule has 0 bridgehead atoms. The number of nitrogens with zero attached hydrogens (tertiary/aromatic N) is 3. The van der Waals surface area contributed by atoms with Crippen molar-refractivity contribution in [3.8, 4) is 0 Å². The van der Waals surface area contributed by atoms with Crippen LogP contribution in [0.4, 0.5) is 11.6 Å². The Balaban J connectivity index is 2.16.